The van der Waals surface area contributed by atoms with Crippen molar-refractivity contribution in [3.05, 3.63) is 36.5 Å². The minimum Gasteiger partial charge on any atom is -0.449 e. The van der Waals surface area contributed by atoms with Crippen LogP contribution in [0.25, 0.3) is 11.3 Å². The van der Waals surface area contributed by atoms with Crippen molar-refractivity contribution in [1.29, 1.82) is 0 Å². The molecule has 116 valence electrons. The van der Waals surface area contributed by atoms with Crippen LogP contribution < -0.4 is 0 Å². The van der Waals surface area contributed by atoms with E-state index in [9.17, 15) is 9.59 Å². The Bertz CT molecular complexity index is 668. The molecule has 22 heavy (non-hydrogen) atoms. The molecule has 2 rings (SSSR count). The number of ether oxygens (including phenoxy) is 1. The number of thioether (sulfide) groups is 1. The lowest BCUT2D eigenvalue weighted by Gasteiger charge is -2.09. The molecule has 0 aliphatic rings. The predicted molar refractivity (Wildman–Crippen MR) is 85.0 cm³/mol. The Morgan fingerprint density at radius 2 is 1.95 bits per heavy atom. The van der Waals surface area contributed by atoms with E-state index in [1.807, 2.05) is 30.3 Å². The second kappa shape index (κ2) is 7.13. The maximum atomic E-state index is 12.0. The second-order valence-electron chi connectivity index (χ2n) is 4.61. The molecule has 1 amide bonds. The second-order valence-corrected chi connectivity index (χ2v) is 5.52. The minimum atomic E-state index is -0.550. The van der Waals surface area contributed by atoms with E-state index >= 15 is 0 Å². The minimum absolute atomic E-state index is 0.212. The summed E-state index contributed by atoms with van der Waals surface area (Å²) in [5, 5.41) is 0.0757. The Morgan fingerprint density at radius 3 is 2.55 bits per heavy atom. The van der Waals surface area contributed by atoms with Crippen molar-refractivity contribution in [2.75, 3.05) is 20.7 Å². The molecule has 6 nitrogen and oxygen atoms in total. The summed E-state index contributed by atoms with van der Waals surface area (Å²) in [7, 11) is 3.29. The standard InChI is InChI=1S/C15H17N3O3S/c1-4-21-14(19)18-10-12(11-8-6-5-7-9-11)16-13(18)22-15(20)17(2)3/h5-10H,4H2,1-3H3. The van der Waals surface area contributed by atoms with Crippen molar-refractivity contribution < 1.29 is 14.3 Å². The van der Waals surface area contributed by atoms with Gasteiger partial charge < -0.3 is 9.64 Å². The van der Waals surface area contributed by atoms with Crippen LogP contribution >= 0.6 is 11.8 Å². The Morgan fingerprint density at radius 1 is 1.27 bits per heavy atom. The summed E-state index contributed by atoms with van der Waals surface area (Å²) in [6.07, 6.45) is 1.03. The van der Waals surface area contributed by atoms with Gasteiger partial charge in [0.25, 0.3) is 5.24 Å². The summed E-state index contributed by atoms with van der Waals surface area (Å²) in [4.78, 5) is 29.7. The van der Waals surface area contributed by atoms with Crippen LogP contribution in [0, 0.1) is 0 Å². The van der Waals surface area contributed by atoms with Crippen molar-refractivity contribution in [3.8, 4) is 11.3 Å². The Kier molecular flexibility index (Phi) is 5.21. The zero-order chi connectivity index (χ0) is 16.1. The fourth-order valence-electron chi connectivity index (χ4n) is 1.68. The van der Waals surface area contributed by atoms with Crippen molar-refractivity contribution in [3.63, 3.8) is 0 Å². The van der Waals surface area contributed by atoms with Crippen LogP contribution in [0.2, 0.25) is 0 Å². The molecular weight excluding hydrogens is 302 g/mol. The average Bonchev–Trinajstić information content (AvgIpc) is 2.92. The smallest absolute Gasteiger partial charge is 0.420 e. The number of hydrogen-bond donors (Lipinski definition) is 0. The Balaban J connectivity index is 2.39. The molecule has 0 saturated heterocycles. The summed E-state index contributed by atoms with van der Waals surface area (Å²) < 4.78 is 6.27. The van der Waals surface area contributed by atoms with E-state index in [0.717, 1.165) is 17.3 Å². The van der Waals surface area contributed by atoms with Crippen LogP contribution in [0.1, 0.15) is 6.92 Å². The summed E-state index contributed by atoms with van der Waals surface area (Å²) in [5.74, 6) is 0. The van der Waals surface area contributed by atoms with Crippen molar-refractivity contribution in [2.24, 2.45) is 0 Å². The molecule has 7 heteroatoms. The molecule has 0 spiro atoms. The molecule has 0 N–H and O–H groups in total. The molecule has 0 atom stereocenters. The summed E-state index contributed by atoms with van der Waals surface area (Å²) in [6.45, 7) is 1.98. The maximum absolute atomic E-state index is 12.0. The van der Waals surface area contributed by atoms with E-state index < -0.39 is 6.09 Å². The SMILES string of the molecule is CCOC(=O)n1cc(-c2ccccc2)nc1SC(=O)N(C)C. The number of carbonyl (C=O) groups excluding carboxylic acids is 2. The molecular formula is C15H17N3O3S. The van der Waals surface area contributed by atoms with Gasteiger partial charge in [-0.15, -0.1) is 0 Å². The zero-order valence-corrected chi connectivity index (χ0v) is 13.5. The van der Waals surface area contributed by atoms with Gasteiger partial charge in [0.2, 0.25) is 0 Å². The molecule has 0 bridgehead atoms. The van der Waals surface area contributed by atoms with E-state index in [4.69, 9.17) is 4.74 Å². The van der Waals surface area contributed by atoms with Gasteiger partial charge in [0.1, 0.15) is 0 Å². The molecule has 0 unspecified atom stereocenters. The highest BCUT2D eigenvalue weighted by molar-refractivity contribution is 8.13. The van der Waals surface area contributed by atoms with Crippen LogP contribution in [0.5, 0.6) is 0 Å². The number of hydrogen-bond acceptors (Lipinski definition) is 5. The zero-order valence-electron chi connectivity index (χ0n) is 12.6. The summed E-state index contributed by atoms with van der Waals surface area (Å²) >= 11 is 0.886. The average molecular weight is 319 g/mol. The van der Waals surface area contributed by atoms with Crippen LogP contribution in [-0.2, 0) is 4.74 Å². The number of rotatable bonds is 3. The lowest BCUT2D eigenvalue weighted by molar-refractivity contribution is 0.151. The van der Waals surface area contributed by atoms with E-state index in [-0.39, 0.29) is 17.0 Å². The van der Waals surface area contributed by atoms with Crippen molar-refractivity contribution >= 4 is 23.1 Å². The van der Waals surface area contributed by atoms with E-state index in [0.29, 0.717) is 5.69 Å². The van der Waals surface area contributed by atoms with Gasteiger partial charge in [0.05, 0.1) is 12.3 Å². The normalized spacial score (nSPS) is 10.3. The van der Waals surface area contributed by atoms with E-state index in [2.05, 4.69) is 4.98 Å². The third-order valence-electron chi connectivity index (χ3n) is 2.75. The number of carbonyl (C=O) groups is 2. The van der Waals surface area contributed by atoms with Crippen LogP contribution in [-0.4, -0.2) is 46.5 Å². The lowest BCUT2D eigenvalue weighted by Crippen LogP contribution is -2.19. The van der Waals surface area contributed by atoms with Gasteiger partial charge >= 0.3 is 6.09 Å². The monoisotopic (exact) mass is 319 g/mol. The molecule has 1 aromatic carbocycles. The molecule has 2 aromatic rings. The summed E-state index contributed by atoms with van der Waals surface area (Å²) in [6, 6.07) is 9.45. The predicted octanol–water partition coefficient (Wildman–Crippen LogP) is 3.33. The molecule has 1 heterocycles. The maximum Gasteiger partial charge on any atom is 0.420 e. The van der Waals surface area contributed by atoms with E-state index in [1.54, 1.807) is 27.2 Å². The third kappa shape index (κ3) is 3.67. The van der Waals surface area contributed by atoms with Gasteiger partial charge in [0.15, 0.2) is 5.16 Å². The number of nitrogens with zero attached hydrogens (tertiary/aromatic N) is 3. The first kappa shape index (κ1) is 16.1. The van der Waals surface area contributed by atoms with E-state index in [1.165, 1.54) is 9.47 Å². The van der Waals surface area contributed by atoms with Crippen LogP contribution in [0.15, 0.2) is 41.7 Å². The lowest BCUT2D eigenvalue weighted by atomic mass is 10.2. The summed E-state index contributed by atoms with van der Waals surface area (Å²) in [5.41, 5.74) is 1.48. The largest absolute Gasteiger partial charge is 0.449 e. The Hall–Kier alpha value is -2.28. The molecule has 0 fully saturated rings. The number of benzene rings is 1. The highest BCUT2D eigenvalue weighted by Gasteiger charge is 2.20. The fourth-order valence-corrected chi connectivity index (χ4v) is 2.38. The quantitative estimate of drug-likeness (QED) is 0.812. The molecule has 1 aromatic heterocycles. The fraction of sp³-hybridized carbons (Fsp3) is 0.267. The number of amides is 1. The highest BCUT2D eigenvalue weighted by Crippen LogP contribution is 2.25. The highest BCUT2D eigenvalue weighted by atomic mass is 32.2. The first-order valence-corrected chi connectivity index (χ1v) is 7.55. The van der Waals surface area contributed by atoms with Crippen LogP contribution in [0.3, 0.4) is 0 Å². The third-order valence-corrected chi connectivity index (χ3v) is 3.76. The van der Waals surface area contributed by atoms with Gasteiger partial charge in [-0.05, 0) is 6.92 Å². The first-order valence-electron chi connectivity index (χ1n) is 6.74. The van der Waals surface area contributed by atoms with Gasteiger partial charge in [-0.3, -0.25) is 4.79 Å². The molecule has 0 aliphatic carbocycles. The van der Waals surface area contributed by atoms with Gasteiger partial charge in [0, 0.05) is 37.6 Å². The number of aromatic nitrogens is 2. The molecule has 0 radical (unpaired) electrons. The van der Waals surface area contributed by atoms with Gasteiger partial charge in [-0.25, -0.2) is 14.3 Å². The van der Waals surface area contributed by atoms with Crippen LogP contribution in [0.4, 0.5) is 9.59 Å². The Labute approximate surface area is 133 Å². The topological polar surface area (TPSA) is 64.4 Å². The van der Waals surface area contributed by atoms with Crippen molar-refractivity contribution in [1.82, 2.24) is 14.5 Å². The number of imidazole rings is 1. The molecule has 0 saturated carbocycles. The molecule has 0 aliphatic heterocycles. The van der Waals surface area contributed by atoms with Crippen molar-refractivity contribution in [2.45, 2.75) is 12.1 Å². The van der Waals surface area contributed by atoms with Gasteiger partial charge in [-0.1, -0.05) is 30.3 Å². The van der Waals surface area contributed by atoms with Gasteiger partial charge in [-0.2, -0.15) is 0 Å². The first-order chi connectivity index (χ1) is 10.5.